The average Bonchev–Trinajstić information content (AvgIpc) is 2.96. The lowest BCUT2D eigenvalue weighted by molar-refractivity contribution is -0.132. The third kappa shape index (κ3) is 3.78. The highest BCUT2D eigenvalue weighted by molar-refractivity contribution is 7.16. The van der Waals surface area contributed by atoms with Gasteiger partial charge in [0.1, 0.15) is 6.54 Å². The molecular formula is C14H17Cl2N3OS. The molecule has 0 unspecified atom stereocenters. The van der Waals surface area contributed by atoms with Crippen molar-refractivity contribution in [1.29, 1.82) is 0 Å². The second-order valence-corrected chi connectivity index (χ2v) is 6.93. The van der Waals surface area contributed by atoms with Gasteiger partial charge in [-0.05, 0) is 32.9 Å². The van der Waals surface area contributed by atoms with Crippen molar-refractivity contribution in [1.82, 2.24) is 14.7 Å². The van der Waals surface area contributed by atoms with Crippen LogP contribution in [0.4, 0.5) is 0 Å². The summed E-state index contributed by atoms with van der Waals surface area (Å²) < 4.78 is 2.39. The summed E-state index contributed by atoms with van der Waals surface area (Å²) in [6.07, 6.45) is 0. The number of carbonyl (C=O) groups is 1. The molecule has 2 rings (SSSR count). The molecule has 0 bridgehead atoms. The number of thiophene rings is 1. The van der Waals surface area contributed by atoms with E-state index in [1.807, 2.05) is 32.9 Å². The van der Waals surface area contributed by atoms with E-state index in [0.717, 1.165) is 20.6 Å². The summed E-state index contributed by atoms with van der Waals surface area (Å²) in [7, 11) is 0. The quantitative estimate of drug-likeness (QED) is 0.823. The Hall–Kier alpha value is -1.04. The van der Waals surface area contributed by atoms with Crippen molar-refractivity contribution in [3.05, 3.63) is 37.8 Å². The average molecular weight is 346 g/mol. The summed E-state index contributed by atoms with van der Waals surface area (Å²) in [6.45, 7) is 7.07. The molecule has 1 amide bonds. The van der Waals surface area contributed by atoms with Crippen molar-refractivity contribution in [2.24, 2.45) is 0 Å². The van der Waals surface area contributed by atoms with E-state index in [-0.39, 0.29) is 12.5 Å². The Morgan fingerprint density at radius 1 is 1.38 bits per heavy atom. The summed E-state index contributed by atoms with van der Waals surface area (Å²) in [5.74, 6) is 0.0179. The number of nitrogens with zero attached hydrogens (tertiary/aromatic N) is 3. The summed E-state index contributed by atoms with van der Waals surface area (Å²) in [5.41, 5.74) is 1.56. The van der Waals surface area contributed by atoms with Crippen LogP contribution in [0.15, 0.2) is 12.1 Å². The molecule has 2 aromatic rings. The van der Waals surface area contributed by atoms with Crippen LogP contribution < -0.4 is 0 Å². The van der Waals surface area contributed by atoms with Crippen LogP contribution in [0.3, 0.4) is 0 Å². The first-order valence-corrected chi connectivity index (χ1v) is 8.21. The number of hydrogen-bond donors (Lipinski definition) is 0. The van der Waals surface area contributed by atoms with Gasteiger partial charge < -0.3 is 4.90 Å². The number of aryl methyl sites for hydroxylation is 1. The minimum Gasteiger partial charge on any atom is -0.336 e. The van der Waals surface area contributed by atoms with Crippen LogP contribution >= 0.6 is 34.5 Å². The normalized spacial score (nSPS) is 10.9. The Bertz CT molecular complexity index is 651. The molecule has 114 valence electrons. The van der Waals surface area contributed by atoms with E-state index >= 15 is 0 Å². The molecule has 21 heavy (non-hydrogen) atoms. The molecule has 0 fully saturated rings. The molecule has 4 nitrogen and oxygen atoms in total. The number of amides is 1. The Labute approximate surface area is 138 Å². The number of aromatic nitrogens is 2. The number of carbonyl (C=O) groups excluding carboxylic acids is 1. The molecule has 7 heteroatoms. The highest BCUT2D eigenvalue weighted by atomic mass is 35.5. The molecule has 0 aromatic carbocycles. The van der Waals surface area contributed by atoms with Crippen LogP contribution in [0, 0.1) is 13.8 Å². The van der Waals surface area contributed by atoms with Gasteiger partial charge in [-0.15, -0.1) is 11.3 Å². The Morgan fingerprint density at radius 2 is 2.10 bits per heavy atom. The van der Waals surface area contributed by atoms with E-state index in [9.17, 15) is 4.79 Å². The van der Waals surface area contributed by atoms with E-state index in [1.165, 1.54) is 11.3 Å². The maximum atomic E-state index is 12.4. The largest absolute Gasteiger partial charge is 0.336 e. The van der Waals surface area contributed by atoms with Gasteiger partial charge in [-0.1, -0.05) is 23.2 Å². The predicted octanol–water partition coefficient (Wildman–Crippen LogP) is 3.92. The molecule has 2 aromatic heterocycles. The van der Waals surface area contributed by atoms with Crippen LogP contribution in [-0.2, 0) is 17.9 Å². The lowest BCUT2D eigenvalue weighted by Gasteiger charge is -2.20. The van der Waals surface area contributed by atoms with Gasteiger partial charge in [-0.3, -0.25) is 9.48 Å². The second-order valence-electron chi connectivity index (χ2n) is 4.76. The SMILES string of the molecule is CCN(Cc1ccc(Cl)s1)C(=O)Cn1nc(C)c(Cl)c1C. The van der Waals surface area contributed by atoms with Crippen LogP contribution in [0.2, 0.25) is 9.36 Å². The van der Waals surface area contributed by atoms with Gasteiger partial charge in [0.25, 0.3) is 0 Å². The van der Waals surface area contributed by atoms with Crippen molar-refractivity contribution in [3.8, 4) is 0 Å². The van der Waals surface area contributed by atoms with E-state index in [1.54, 1.807) is 9.58 Å². The van der Waals surface area contributed by atoms with Crippen molar-refractivity contribution in [3.63, 3.8) is 0 Å². The van der Waals surface area contributed by atoms with Crippen LogP contribution in [0.25, 0.3) is 0 Å². The zero-order valence-corrected chi connectivity index (χ0v) is 14.5. The second kappa shape index (κ2) is 6.81. The van der Waals surface area contributed by atoms with E-state index in [2.05, 4.69) is 5.10 Å². The monoisotopic (exact) mass is 345 g/mol. The fraction of sp³-hybridized carbons (Fsp3) is 0.429. The molecule has 0 atom stereocenters. The van der Waals surface area contributed by atoms with Gasteiger partial charge in [-0.25, -0.2) is 0 Å². The number of likely N-dealkylation sites (N-methyl/N-ethyl adjacent to an activating group) is 1. The summed E-state index contributed by atoms with van der Waals surface area (Å²) >= 11 is 13.5. The minimum absolute atomic E-state index is 0.0179. The summed E-state index contributed by atoms with van der Waals surface area (Å²) in [6, 6.07) is 3.80. The molecule has 0 radical (unpaired) electrons. The Morgan fingerprint density at radius 3 is 2.57 bits per heavy atom. The molecule has 0 saturated heterocycles. The van der Waals surface area contributed by atoms with Crippen LogP contribution in [0.5, 0.6) is 0 Å². The molecule has 0 aliphatic rings. The third-order valence-electron chi connectivity index (χ3n) is 3.29. The number of hydrogen-bond acceptors (Lipinski definition) is 3. The van der Waals surface area contributed by atoms with Crippen LogP contribution in [-0.4, -0.2) is 27.1 Å². The topological polar surface area (TPSA) is 38.1 Å². The van der Waals surface area contributed by atoms with E-state index < -0.39 is 0 Å². The molecular weight excluding hydrogens is 329 g/mol. The van der Waals surface area contributed by atoms with Crippen molar-refractivity contribution in [2.75, 3.05) is 6.54 Å². The maximum Gasteiger partial charge on any atom is 0.244 e. The first-order valence-electron chi connectivity index (χ1n) is 6.63. The minimum atomic E-state index is 0.0179. The highest BCUT2D eigenvalue weighted by Gasteiger charge is 2.17. The fourth-order valence-electron chi connectivity index (χ4n) is 2.06. The standard InChI is InChI=1S/C14H17Cl2N3OS/c1-4-18(7-11-5-6-12(15)21-11)13(20)8-19-10(3)14(16)9(2)17-19/h5-6H,4,7-8H2,1-3H3. The lowest BCUT2D eigenvalue weighted by atomic mass is 10.3. The van der Waals surface area contributed by atoms with Gasteiger partial charge in [0.2, 0.25) is 5.91 Å². The van der Waals surface area contributed by atoms with Crippen LogP contribution in [0.1, 0.15) is 23.2 Å². The van der Waals surface area contributed by atoms with Gasteiger partial charge in [0.15, 0.2) is 0 Å². The van der Waals surface area contributed by atoms with Crippen molar-refractivity contribution < 1.29 is 4.79 Å². The van der Waals surface area contributed by atoms with Crippen molar-refractivity contribution >= 4 is 40.4 Å². The molecule has 0 aliphatic carbocycles. The Kier molecular flexibility index (Phi) is 5.30. The first-order chi connectivity index (χ1) is 9.92. The molecule has 2 heterocycles. The third-order valence-corrected chi connectivity index (χ3v) is 5.05. The summed E-state index contributed by atoms with van der Waals surface area (Å²) in [5, 5.41) is 4.92. The zero-order valence-electron chi connectivity index (χ0n) is 12.2. The molecule has 0 N–H and O–H groups in total. The van der Waals surface area contributed by atoms with E-state index in [0.29, 0.717) is 18.1 Å². The number of halogens is 2. The fourth-order valence-corrected chi connectivity index (χ4v) is 3.30. The Balaban J connectivity index is 2.07. The smallest absolute Gasteiger partial charge is 0.244 e. The molecule has 0 saturated carbocycles. The van der Waals surface area contributed by atoms with Gasteiger partial charge >= 0.3 is 0 Å². The van der Waals surface area contributed by atoms with E-state index in [4.69, 9.17) is 23.2 Å². The van der Waals surface area contributed by atoms with Gasteiger partial charge in [0, 0.05) is 11.4 Å². The first kappa shape index (κ1) is 16.3. The maximum absolute atomic E-state index is 12.4. The molecule has 0 aliphatic heterocycles. The van der Waals surface area contributed by atoms with Crippen molar-refractivity contribution in [2.45, 2.75) is 33.9 Å². The van der Waals surface area contributed by atoms with Gasteiger partial charge in [-0.2, -0.15) is 5.10 Å². The number of rotatable bonds is 5. The predicted molar refractivity (Wildman–Crippen MR) is 87.1 cm³/mol. The lowest BCUT2D eigenvalue weighted by Crippen LogP contribution is -2.33. The zero-order chi connectivity index (χ0) is 15.6. The highest BCUT2D eigenvalue weighted by Crippen LogP contribution is 2.23. The van der Waals surface area contributed by atoms with Gasteiger partial charge in [0.05, 0.1) is 27.3 Å². The summed E-state index contributed by atoms with van der Waals surface area (Å²) in [4.78, 5) is 15.3. The molecule has 0 spiro atoms.